The molecular formula is C39H52N8O6. The summed E-state index contributed by atoms with van der Waals surface area (Å²) in [5, 5.41) is 2.69. The van der Waals surface area contributed by atoms with Gasteiger partial charge in [-0.25, -0.2) is 19.6 Å². The predicted molar refractivity (Wildman–Crippen MR) is 198 cm³/mol. The average molecular weight is 729 g/mol. The molecule has 0 bridgehead atoms. The van der Waals surface area contributed by atoms with Gasteiger partial charge in [0.05, 0.1) is 44.4 Å². The summed E-state index contributed by atoms with van der Waals surface area (Å²) in [6.07, 6.45) is 3.77. The number of amides is 4. The van der Waals surface area contributed by atoms with Gasteiger partial charge < -0.3 is 34.6 Å². The van der Waals surface area contributed by atoms with Gasteiger partial charge in [0, 0.05) is 25.7 Å². The highest BCUT2D eigenvalue weighted by molar-refractivity contribution is 5.87. The van der Waals surface area contributed by atoms with E-state index in [1.165, 1.54) is 19.1 Å². The Balaban J connectivity index is 1.27. The monoisotopic (exact) mass is 728 g/mol. The average Bonchev–Trinajstić information content (AvgIpc) is 3.95. The van der Waals surface area contributed by atoms with Crippen LogP contribution in [0.5, 0.6) is 0 Å². The zero-order valence-corrected chi connectivity index (χ0v) is 32.1. The van der Waals surface area contributed by atoms with E-state index in [2.05, 4.69) is 50.9 Å². The minimum Gasteiger partial charge on any atom is -0.453 e. The fourth-order valence-electron chi connectivity index (χ4n) is 7.40. The number of nitrogens with one attached hydrogen (secondary N) is 3. The number of benzene rings is 1. The summed E-state index contributed by atoms with van der Waals surface area (Å²) in [6, 6.07) is 5.93. The molecule has 4 heterocycles. The van der Waals surface area contributed by atoms with Crippen molar-refractivity contribution in [2.75, 3.05) is 34.4 Å². The molecule has 6 atom stereocenters. The number of likely N-dealkylation sites (N-methyl/N-ethyl adjacent to an activating group) is 1. The molecule has 0 spiro atoms. The van der Waals surface area contributed by atoms with E-state index in [-0.39, 0.29) is 47.6 Å². The first-order valence-corrected chi connectivity index (χ1v) is 18.2. The Kier molecular flexibility index (Phi) is 12.2. The molecule has 14 heteroatoms. The minimum atomic E-state index is -0.707. The van der Waals surface area contributed by atoms with Gasteiger partial charge in [-0.1, -0.05) is 59.6 Å². The standard InChI is InChI=1S/C39H52N8O6/c1-22(2)32(44-38(50)52-8)36(48)46-20-24(5)17-31(46)35-41-19-29(43-35)27-13-10-26(11-14-27)12-15-28-18-40-34(42-28)30-16-25(6)21-47(30)37(49)33(23(3)4)45(7)39(51)53-9/h10-11,13-14,18-19,22-25,30-33H,16-17,20-21H2,1-9H3,(H,40,42)(H,41,43)(H,44,50)/t24-,25-,30-,31-,32-,33-/m0/s1. The highest BCUT2D eigenvalue weighted by Crippen LogP contribution is 2.37. The van der Waals surface area contributed by atoms with Crippen LogP contribution in [0.2, 0.25) is 0 Å². The lowest BCUT2D eigenvalue weighted by Crippen LogP contribution is -2.52. The van der Waals surface area contributed by atoms with Gasteiger partial charge in [-0.05, 0) is 60.1 Å². The van der Waals surface area contributed by atoms with E-state index in [0.717, 1.165) is 29.7 Å². The summed E-state index contributed by atoms with van der Waals surface area (Å²) in [5.74, 6) is 7.74. The number of carbonyl (C=O) groups is 4. The van der Waals surface area contributed by atoms with Crippen molar-refractivity contribution in [1.82, 2.24) is 40.0 Å². The third-order valence-electron chi connectivity index (χ3n) is 10.1. The predicted octanol–water partition coefficient (Wildman–Crippen LogP) is 5.12. The van der Waals surface area contributed by atoms with Crippen molar-refractivity contribution in [3.05, 3.63) is 59.6 Å². The van der Waals surface area contributed by atoms with E-state index in [9.17, 15) is 19.2 Å². The molecule has 53 heavy (non-hydrogen) atoms. The van der Waals surface area contributed by atoms with Gasteiger partial charge in [0.25, 0.3) is 0 Å². The maximum Gasteiger partial charge on any atom is 0.409 e. The zero-order valence-electron chi connectivity index (χ0n) is 32.1. The molecule has 2 aliphatic rings. The van der Waals surface area contributed by atoms with Crippen molar-refractivity contribution >= 4 is 24.0 Å². The third-order valence-corrected chi connectivity index (χ3v) is 10.1. The second-order valence-corrected chi connectivity index (χ2v) is 15.0. The molecule has 284 valence electrons. The van der Waals surface area contributed by atoms with E-state index in [1.807, 2.05) is 61.8 Å². The normalized spacial score (nSPS) is 20.9. The maximum atomic E-state index is 13.8. The molecule has 3 N–H and O–H groups in total. The Morgan fingerprint density at radius 3 is 1.98 bits per heavy atom. The van der Waals surface area contributed by atoms with E-state index in [0.29, 0.717) is 30.4 Å². The molecular weight excluding hydrogens is 676 g/mol. The number of alkyl carbamates (subject to hydrolysis) is 1. The van der Waals surface area contributed by atoms with Crippen LogP contribution in [0.15, 0.2) is 36.7 Å². The summed E-state index contributed by atoms with van der Waals surface area (Å²) < 4.78 is 9.66. The summed E-state index contributed by atoms with van der Waals surface area (Å²) in [7, 11) is 4.19. The molecule has 14 nitrogen and oxygen atoms in total. The highest BCUT2D eigenvalue weighted by atomic mass is 16.5. The van der Waals surface area contributed by atoms with Gasteiger partial charge in [-0.2, -0.15) is 0 Å². The number of methoxy groups -OCH3 is 2. The Morgan fingerprint density at radius 2 is 1.42 bits per heavy atom. The van der Waals surface area contributed by atoms with Gasteiger partial charge in [-0.3, -0.25) is 14.5 Å². The summed E-state index contributed by atoms with van der Waals surface area (Å²) in [6.45, 7) is 13.0. The number of ether oxygens (including phenoxy) is 2. The Hall–Kier alpha value is -5.32. The van der Waals surface area contributed by atoms with Crippen LogP contribution in [0.4, 0.5) is 9.59 Å². The van der Waals surface area contributed by atoms with Crippen molar-refractivity contribution in [2.45, 2.75) is 78.6 Å². The number of likely N-dealkylation sites (tertiary alicyclic amines) is 2. The van der Waals surface area contributed by atoms with Crippen LogP contribution < -0.4 is 5.32 Å². The SMILES string of the molecule is COC(=O)N[C@H](C(=O)N1C[C@@H](C)C[C@H]1c1ncc(-c2ccc(C#Cc3cnc([C@@H]4C[C@H](C)CN4C(=O)[C@H](C(C)C)N(C)C(=O)OC)[nH]3)cc2)[nH]1)C(C)C. The molecule has 2 fully saturated rings. The molecule has 0 aliphatic carbocycles. The molecule has 0 saturated carbocycles. The fourth-order valence-corrected chi connectivity index (χ4v) is 7.40. The van der Waals surface area contributed by atoms with Crippen LogP contribution in [-0.2, 0) is 19.1 Å². The van der Waals surface area contributed by atoms with Crippen LogP contribution >= 0.6 is 0 Å². The number of aromatic amines is 2. The topological polar surface area (TPSA) is 166 Å². The van der Waals surface area contributed by atoms with E-state index in [1.54, 1.807) is 19.4 Å². The molecule has 4 amide bonds. The van der Waals surface area contributed by atoms with Crippen molar-refractivity contribution in [3.8, 4) is 23.1 Å². The second kappa shape index (κ2) is 16.6. The zero-order chi connectivity index (χ0) is 38.6. The van der Waals surface area contributed by atoms with Crippen LogP contribution in [0.1, 0.15) is 89.4 Å². The first-order valence-electron chi connectivity index (χ1n) is 18.2. The smallest absolute Gasteiger partial charge is 0.409 e. The van der Waals surface area contributed by atoms with Crippen LogP contribution in [0, 0.1) is 35.5 Å². The number of carbonyl (C=O) groups excluding carboxylic acids is 4. The lowest BCUT2D eigenvalue weighted by Gasteiger charge is -2.34. The van der Waals surface area contributed by atoms with E-state index in [4.69, 9.17) is 9.47 Å². The highest BCUT2D eigenvalue weighted by Gasteiger charge is 2.42. The van der Waals surface area contributed by atoms with Crippen molar-refractivity contribution in [2.24, 2.45) is 23.7 Å². The van der Waals surface area contributed by atoms with Gasteiger partial charge in [0.2, 0.25) is 11.8 Å². The third kappa shape index (κ3) is 8.67. The number of nitrogens with zero attached hydrogens (tertiary/aromatic N) is 5. The lowest BCUT2D eigenvalue weighted by atomic mass is 10.0. The molecule has 0 unspecified atom stereocenters. The number of H-pyrrole nitrogens is 2. The van der Waals surface area contributed by atoms with Gasteiger partial charge in [0.15, 0.2) is 0 Å². The minimum absolute atomic E-state index is 0.110. The second-order valence-electron chi connectivity index (χ2n) is 15.0. The first kappa shape index (κ1) is 38.9. The van der Waals surface area contributed by atoms with E-state index < -0.39 is 24.3 Å². The molecule has 2 saturated heterocycles. The number of hydrogen-bond donors (Lipinski definition) is 3. The van der Waals surface area contributed by atoms with Crippen LogP contribution in [0.25, 0.3) is 11.3 Å². The van der Waals surface area contributed by atoms with Gasteiger partial charge >= 0.3 is 12.2 Å². The molecule has 0 radical (unpaired) electrons. The number of rotatable bonds is 9. The summed E-state index contributed by atoms with van der Waals surface area (Å²) in [5.41, 5.74) is 3.18. The van der Waals surface area contributed by atoms with E-state index >= 15 is 0 Å². The number of imidazole rings is 2. The number of aromatic nitrogens is 4. The maximum absolute atomic E-state index is 13.8. The van der Waals surface area contributed by atoms with Gasteiger partial charge in [-0.15, -0.1) is 0 Å². The van der Waals surface area contributed by atoms with Crippen molar-refractivity contribution in [3.63, 3.8) is 0 Å². The molecule has 1 aromatic carbocycles. The van der Waals surface area contributed by atoms with Crippen molar-refractivity contribution < 1.29 is 28.7 Å². The molecule has 5 rings (SSSR count). The molecule has 2 aromatic heterocycles. The Bertz CT molecular complexity index is 1840. The van der Waals surface area contributed by atoms with Crippen LogP contribution in [-0.4, -0.2) is 105 Å². The molecule has 3 aromatic rings. The Labute approximate surface area is 311 Å². The quantitative estimate of drug-likeness (QED) is 0.256. The largest absolute Gasteiger partial charge is 0.453 e. The van der Waals surface area contributed by atoms with Crippen molar-refractivity contribution in [1.29, 1.82) is 0 Å². The number of hydrogen-bond acceptors (Lipinski definition) is 8. The lowest BCUT2D eigenvalue weighted by molar-refractivity contribution is -0.139. The first-order chi connectivity index (χ1) is 25.2. The van der Waals surface area contributed by atoms with Crippen LogP contribution in [0.3, 0.4) is 0 Å². The van der Waals surface area contributed by atoms with Gasteiger partial charge in [0.1, 0.15) is 29.4 Å². The summed E-state index contributed by atoms with van der Waals surface area (Å²) >= 11 is 0. The molecule has 2 aliphatic heterocycles. The fraction of sp³-hybridized carbons (Fsp3) is 0.538. The Morgan fingerprint density at radius 1 is 0.830 bits per heavy atom. The summed E-state index contributed by atoms with van der Waals surface area (Å²) in [4.78, 5) is 72.7.